The number of benzene rings is 9. The van der Waals surface area contributed by atoms with E-state index in [2.05, 4.69) is 0 Å². The van der Waals surface area contributed by atoms with Gasteiger partial charge in [0, 0.05) is 36.4 Å². The Bertz CT molecular complexity index is 3570. The second-order valence-corrected chi connectivity index (χ2v) is 20.1. The van der Waals surface area contributed by atoms with E-state index in [-0.39, 0.29) is 63.5 Å². The first-order chi connectivity index (χ1) is 43.1. The highest BCUT2D eigenvalue weighted by molar-refractivity contribution is 5.90. The van der Waals surface area contributed by atoms with Gasteiger partial charge < -0.3 is 67.4 Å². The van der Waals surface area contributed by atoms with Crippen molar-refractivity contribution in [2.24, 2.45) is 0 Å². The summed E-state index contributed by atoms with van der Waals surface area (Å²) in [5.41, 5.74) is 7.87. The third-order valence-corrected chi connectivity index (χ3v) is 13.5. The minimum Gasteiger partial charge on any atom is -0.508 e. The summed E-state index contributed by atoms with van der Waals surface area (Å²) in [6.45, 7) is 0.629. The molecule has 0 saturated carbocycles. The van der Waals surface area contributed by atoms with E-state index in [4.69, 9.17) is 52.1 Å². The highest BCUT2D eigenvalue weighted by atomic mass is 16.5. The number of carbonyl (C=O) groups excluding carboxylic acids is 4. The minimum atomic E-state index is -0.456. The molecular formula is C71H62O18. The molecule has 18 heteroatoms. The van der Waals surface area contributed by atoms with Crippen LogP contribution in [0.3, 0.4) is 0 Å². The maximum Gasteiger partial charge on any atom is 0.337 e. The van der Waals surface area contributed by atoms with Crippen molar-refractivity contribution in [1.29, 1.82) is 0 Å². The molecule has 9 aromatic rings. The third-order valence-electron chi connectivity index (χ3n) is 13.5. The van der Waals surface area contributed by atoms with Crippen molar-refractivity contribution in [2.75, 3.05) is 28.4 Å². The van der Waals surface area contributed by atoms with Crippen molar-refractivity contribution in [3.63, 3.8) is 0 Å². The molecule has 9 aromatic carbocycles. The van der Waals surface area contributed by atoms with Gasteiger partial charge >= 0.3 is 23.9 Å². The Morgan fingerprint density at radius 1 is 0.270 bits per heavy atom. The van der Waals surface area contributed by atoms with Gasteiger partial charge in [-0.15, -0.1) is 0 Å². The molecule has 0 heterocycles. The Morgan fingerprint density at radius 3 is 0.742 bits per heavy atom. The first-order valence-electron chi connectivity index (χ1n) is 27.7. The summed E-state index contributed by atoms with van der Waals surface area (Å²) < 4.78 is 64.1. The zero-order valence-corrected chi connectivity index (χ0v) is 49.0. The van der Waals surface area contributed by atoms with Crippen LogP contribution < -0.4 is 33.2 Å². The second-order valence-electron chi connectivity index (χ2n) is 20.1. The fraction of sp³-hybridized carbons (Fsp3) is 0.155. The number of ether oxygens (including phenoxy) is 11. The van der Waals surface area contributed by atoms with Crippen molar-refractivity contribution in [1.82, 2.24) is 0 Å². The quantitative estimate of drug-likeness (QED) is 0.0247. The van der Waals surface area contributed by atoms with Crippen LogP contribution in [-0.4, -0.2) is 67.6 Å². The molecule has 3 N–H and O–H groups in total. The van der Waals surface area contributed by atoms with E-state index in [1.54, 1.807) is 152 Å². The highest BCUT2D eigenvalue weighted by Gasteiger charge is 2.15. The number of hydrogen-bond acceptors (Lipinski definition) is 18. The summed E-state index contributed by atoms with van der Waals surface area (Å²) in [5.74, 6) is 0.863. The highest BCUT2D eigenvalue weighted by Crippen LogP contribution is 2.34. The van der Waals surface area contributed by atoms with E-state index >= 15 is 0 Å². The topological polar surface area (TPSA) is 230 Å². The fourth-order valence-corrected chi connectivity index (χ4v) is 8.93. The molecule has 9 rings (SSSR count). The smallest absolute Gasteiger partial charge is 0.337 e. The standard InChI is InChI=1S/C71H62O18/c1-79-68(75)54-15-7-45(8-16-54)38-83-61-28-52(29-62(33-61)84-39-46-9-17-55(18-10-46)69(76)80-2)43-88-66-35-65(87-42-51-23-49(24-58(72)27-51)5-6-50-25-59(73)32-60(74)26-50)36-67(37-66)89-44-53-30-63(85-40-47-11-19-56(20-12-47)70(77)81-3)34-64(31-53)86-41-48-13-21-57(22-14-48)71(78)82-4/h5-37,72-74H,38-44H2,1-4H3/b6-5+. The van der Waals surface area contributed by atoms with Crippen molar-refractivity contribution in [2.45, 2.75) is 46.2 Å². The zero-order chi connectivity index (χ0) is 62.7. The lowest BCUT2D eigenvalue weighted by Gasteiger charge is -2.16. The van der Waals surface area contributed by atoms with Gasteiger partial charge in [0.25, 0.3) is 0 Å². The monoisotopic (exact) mass is 1200 g/mol. The molecule has 0 saturated heterocycles. The lowest BCUT2D eigenvalue weighted by molar-refractivity contribution is 0.0592. The predicted molar refractivity (Wildman–Crippen MR) is 328 cm³/mol. The van der Waals surface area contributed by atoms with E-state index < -0.39 is 23.9 Å². The van der Waals surface area contributed by atoms with Gasteiger partial charge in [-0.25, -0.2) is 19.2 Å². The number of carbonyl (C=O) groups is 4. The fourth-order valence-electron chi connectivity index (χ4n) is 8.93. The third kappa shape index (κ3) is 18.3. The van der Waals surface area contributed by atoms with Crippen LogP contribution in [0.4, 0.5) is 0 Å². The van der Waals surface area contributed by atoms with Gasteiger partial charge in [-0.2, -0.15) is 0 Å². The molecule has 0 unspecified atom stereocenters. The largest absolute Gasteiger partial charge is 0.508 e. The summed E-state index contributed by atoms with van der Waals surface area (Å²) >= 11 is 0. The summed E-state index contributed by atoms with van der Waals surface area (Å²) in [6, 6.07) is 52.5. The zero-order valence-electron chi connectivity index (χ0n) is 49.0. The van der Waals surface area contributed by atoms with E-state index in [1.165, 1.54) is 46.6 Å². The van der Waals surface area contributed by atoms with Crippen LogP contribution in [0.15, 0.2) is 188 Å². The summed E-state index contributed by atoms with van der Waals surface area (Å²) in [5, 5.41) is 30.8. The van der Waals surface area contributed by atoms with Crippen LogP contribution in [-0.2, 0) is 65.2 Å². The number of methoxy groups -OCH3 is 4. The molecular weight excluding hydrogens is 1140 g/mol. The van der Waals surface area contributed by atoms with Crippen LogP contribution in [0.2, 0.25) is 0 Å². The molecule has 0 spiro atoms. The van der Waals surface area contributed by atoms with Crippen molar-refractivity contribution in [3.05, 3.63) is 260 Å². The maximum atomic E-state index is 12.1. The Balaban J connectivity index is 0.988. The molecule has 0 radical (unpaired) electrons. The summed E-state index contributed by atoms with van der Waals surface area (Å²) in [4.78, 5) is 48.5. The van der Waals surface area contributed by atoms with Crippen molar-refractivity contribution in [3.8, 4) is 57.5 Å². The average molecular weight is 1200 g/mol. The van der Waals surface area contributed by atoms with Crippen molar-refractivity contribution < 1.29 is 86.6 Å². The number of hydrogen-bond donors (Lipinski definition) is 3. The molecule has 0 aliphatic heterocycles. The maximum absolute atomic E-state index is 12.1. The van der Waals surface area contributed by atoms with E-state index in [0.29, 0.717) is 90.3 Å². The average Bonchev–Trinajstić information content (AvgIpc) is 3.76. The molecule has 0 aromatic heterocycles. The lowest BCUT2D eigenvalue weighted by atomic mass is 10.1. The Kier molecular flexibility index (Phi) is 21.0. The van der Waals surface area contributed by atoms with Gasteiger partial charge in [-0.05, 0) is 153 Å². The van der Waals surface area contributed by atoms with Gasteiger partial charge in [-0.1, -0.05) is 60.7 Å². The number of phenolic OH excluding ortho intramolecular Hbond substituents is 3. The summed E-state index contributed by atoms with van der Waals surface area (Å²) in [7, 11) is 5.28. The number of rotatable bonds is 27. The normalized spacial score (nSPS) is 10.8. The Hall–Kier alpha value is -11.4. The number of aromatic hydroxyl groups is 3. The van der Waals surface area contributed by atoms with Crippen molar-refractivity contribution >= 4 is 36.0 Å². The molecule has 0 atom stereocenters. The van der Waals surface area contributed by atoms with E-state index in [9.17, 15) is 34.5 Å². The molecule has 0 aliphatic rings. The SMILES string of the molecule is COC(=O)c1ccc(COc2cc(COc3cc(OCc4cc(O)cc(/C=C/c5cc(O)cc(O)c5)c4)cc(OCc4cc(OCc5ccc(C(=O)OC)cc5)cc(OCc5ccc(C(=O)OC)cc5)c4)c3)cc(OCc3ccc(C(=O)OC)cc3)c2)cc1. The van der Waals surface area contributed by atoms with Crippen LogP contribution in [0.25, 0.3) is 12.2 Å². The van der Waals surface area contributed by atoms with E-state index in [0.717, 1.165) is 22.3 Å². The van der Waals surface area contributed by atoms with Crippen LogP contribution in [0.1, 0.15) is 91.5 Å². The Labute approximate surface area is 513 Å². The predicted octanol–water partition coefficient (Wildman–Crippen LogP) is 13.2. The van der Waals surface area contributed by atoms with Crippen LogP contribution in [0.5, 0.6) is 57.5 Å². The van der Waals surface area contributed by atoms with Gasteiger partial charge in [-0.3, -0.25) is 0 Å². The molecule has 0 fully saturated rings. The minimum absolute atomic E-state index is 0.00111. The molecule has 454 valence electrons. The molecule has 0 amide bonds. The molecule has 89 heavy (non-hydrogen) atoms. The van der Waals surface area contributed by atoms with Crippen LogP contribution in [0, 0.1) is 0 Å². The van der Waals surface area contributed by atoms with Crippen LogP contribution >= 0.6 is 0 Å². The first kappa shape index (κ1) is 62.1. The van der Waals surface area contributed by atoms with Gasteiger partial charge in [0.2, 0.25) is 0 Å². The molecule has 0 bridgehead atoms. The van der Waals surface area contributed by atoms with Gasteiger partial charge in [0.1, 0.15) is 104 Å². The summed E-state index contributed by atoms with van der Waals surface area (Å²) in [6.07, 6.45) is 3.42. The second kappa shape index (κ2) is 30.1. The molecule has 0 aliphatic carbocycles. The van der Waals surface area contributed by atoms with Gasteiger partial charge in [0.15, 0.2) is 0 Å². The van der Waals surface area contributed by atoms with E-state index in [1.807, 2.05) is 30.3 Å². The lowest BCUT2D eigenvalue weighted by Crippen LogP contribution is -2.04. The first-order valence-corrected chi connectivity index (χ1v) is 27.7. The van der Waals surface area contributed by atoms with Gasteiger partial charge in [0.05, 0.1) is 50.7 Å². The number of phenols is 3. The number of esters is 4. The Morgan fingerprint density at radius 2 is 0.483 bits per heavy atom. The molecule has 18 nitrogen and oxygen atoms in total.